The maximum Gasteiger partial charge on any atom is 0.423 e. The van der Waals surface area contributed by atoms with Crippen molar-refractivity contribution in [1.29, 1.82) is 0 Å². The molecule has 0 spiro atoms. The first-order chi connectivity index (χ1) is 8.34. The zero-order chi connectivity index (χ0) is 14.1. The molecule has 0 unspecified atom stereocenters. The molecule has 0 rings (SSSR count). The van der Waals surface area contributed by atoms with Crippen molar-refractivity contribution in [2.24, 2.45) is 0 Å². The van der Waals surface area contributed by atoms with Gasteiger partial charge in [-0.3, -0.25) is 9.59 Å². The number of carbonyl (C=O) groups excluding carboxylic acids is 3. The second-order valence-corrected chi connectivity index (χ2v) is 3.67. The van der Waals surface area contributed by atoms with Crippen molar-refractivity contribution in [1.82, 2.24) is 10.9 Å². The monoisotopic (exact) mass is 256 g/mol. The molecule has 0 aliphatic heterocycles. The number of nitrogens with one attached hydrogen (secondary N) is 2. The summed E-state index contributed by atoms with van der Waals surface area (Å²) < 4.78 is 0. The number of ketones is 3. The lowest BCUT2D eigenvalue weighted by atomic mass is 10.0. The Hall–Kier alpha value is -2.18. The Morgan fingerprint density at radius 2 is 1.72 bits per heavy atom. The predicted octanol–water partition coefficient (Wildman–Crippen LogP) is 0.560. The summed E-state index contributed by atoms with van der Waals surface area (Å²) in [5.74, 6) is -0.923. The van der Waals surface area contributed by atoms with Gasteiger partial charge in [0.25, 0.3) is 0 Å². The number of hydrazine groups is 1. The summed E-state index contributed by atoms with van der Waals surface area (Å²) in [6, 6.07) is 0. The molecule has 0 aliphatic carbocycles. The minimum atomic E-state index is -1.34. The zero-order valence-corrected chi connectivity index (χ0v) is 10.3. The van der Waals surface area contributed by atoms with Gasteiger partial charge in [0.15, 0.2) is 11.6 Å². The summed E-state index contributed by atoms with van der Waals surface area (Å²) in [7, 11) is 0. The highest BCUT2D eigenvalue weighted by atomic mass is 16.4. The second kappa shape index (κ2) is 7.99. The molecular weight excluding hydrogens is 240 g/mol. The third-order valence-electron chi connectivity index (χ3n) is 2.01. The maximum atomic E-state index is 11.6. The van der Waals surface area contributed by atoms with Crippen molar-refractivity contribution in [3.63, 3.8) is 0 Å². The first-order valence-electron chi connectivity index (χ1n) is 5.32. The van der Waals surface area contributed by atoms with Crippen LogP contribution in [-0.4, -0.2) is 28.5 Å². The zero-order valence-electron chi connectivity index (χ0n) is 10.3. The van der Waals surface area contributed by atoms with E-state index in [1.807, 2.05) is 0 Å². The molecule has 7 heteroatoms. The van der Waals surface area contributed by atoms with Gasteiger partial charge in [0.1, 0.15) is 5.78 Å². The number of allylic oxidation sites excluding steroid dienone is 1. The van der Waals surface area contributed by atoms with Crippen LogP contribution in [0.2, 0.25) is 0 Å². The molecule has 0 saturated carbocycles. The Bertz CT molecular complexity index is 387. The smallest absolute Gasteiger partial charge is 0.423 e. The van der Waals surface area contributed by atoms with Crippen molar-refractivity contribution in [3.8, 4) is 0 Å². The number of Topliss-reactive ketones (excluding diaryl/α,β-unsaturated/α-hetero) is 3. The highest BCUT2D eigenvalue weighted by Gasteiger charge is 2.14. The standard InChI is InChI=1S/C11H16N2O5/c1-7(14)4-3-5-10(16)9(8(2)15)6-12-13-11(17)18/h6,12-13H,3-5H2,1-2H3,(H,17,18)/b9-6-. The third kappa shape index (κ3) is 7.15. The Balaban J connectivity index is 4.40. The number of hydrogen-bond acceptors (Lipinski definition) is 5. The van der Waals surface area contributed by atoms with E-state index in [0.29, 0.717) is 6.42 Å². The van der Waals surface area contributed by atoms with Gasteiger partial charge in [-0.15, -0.1) is 0 Å². The first-order valence-corrected chi connectivity index (χ1v) is 5.32. The molecular formula is C11H16N2O5. The highest BCUT2D eigenvalue weighted by Crippen LogP contribution is 2.05. The molecule has 0 heterocycles. The van der Waals surface area contributed by atoms with Gasteiger partial charge in [-0.1, -0.05) is 0 Å². The van der Waals surface area contributed by atoms with E-state index in [1.54, 1.807) is 5.43 Å². The topological polar surface area (TPSA) is 113 Å². The van der Waals surface area contributed by atoms with Gasteiger partial charge in [0.05, 0.1) is 5.57 Å². The molecule has 0 fully saturated rings. The van der Waals surface area contributed by atoms with Gasteiger partial charge in [-0.05, 0) is 20.3 Å². The number of hydrogen-bond donors (Lipinski definition) is 3. The van der Waals surface area contributed by atoms with E-state index in [2.05, 4.69) is 5.43 Å². The van der Waals surface area contributed by atoms with E-state index in [-0.39, 0.29) is 24.2 Å². The lowest BCUT2D eigenvalue weighted by Gasteiger charge is -2.04. The fourth-order valence-electron chi connectivity index (χ4n) is 1.18. The molecule has 3 N–H and O–H groups in total. The molecule has 0 aromatic heterocycles. The van der Waals surface area contributed by atoms with Gasteiger partial charge >= 0.3 is 6.09 Å². The van der Waals surface area contributed by atoms with Crippen LogP contribution in [0.4, 0.5) is 4.79 Å². The largest absolute Gasteiger partial charge is 0.464 e. The van der Waals surface area contributed by atoms with E-state index in [9.17, 15) is 19.2 Å². The average Bonchev–Trinajstić information content (AvgIpc) is 2.22. The molecule has 18 heavy (non-hydrogen) atoms. The summed E-state index contributed by atoms with van der Waals surface area (Å²) in [5.41, 5.74) is 3.79. The van der Waals surface area contributed by atoms with Crippen molar-refractivity contribution >= 4 is 23.4 Å². The minimum absolute atomic E-state index is 0.0261. The van der Waals surface area contributed by atoms with Crippen LogP contribution in [0.1, 0.15) is 33.1 Å². The summed E-state index contributed by atoms with van der Waals surface area (Å²) in [5, 5.41) is 8.30. The van der Waals surface area contributed by atoms with Crippen LogP contribution in [0.3, 0.4) is 0 Å². The Kier molecular flexibility index (Phi) is 7.02. The highest BCUT2D eigenvalue weighted by molar-refractivity contribution is 6.19. The van der Waals surface area contributed by atoms with Gasteiger partial charge in [-0.25, -0.2) is 10.2 Å². The normalized spacial score (nSPS) is 10.7. The lowest BCUT2D eigenvalue weighted by Crippen LogP contribution is -2.33. The second-order valence-electron chi connectivity index (χ2n) is 3.67. The summed E-state index contributed by atoms with van der Waals surface area (Å²) in [4.78, 5) is 43.7. The van der Waals surface area contributed by atoms with E-state index < -0.39 is 17.7 Å². The van der Waals surface area contributed by atoms with Crippen molar-refractivity contribution in [2.45, 2.75) is 33.1 Å². The molecule has 0 aliphatic rings. The van der Waals surface area contributed by atoms with E-state index in [4.69, 9.17) is 5.11 Å². The van der Waals surface area contributed by atoms with Gasteiger partial charge in [0, 0.05) is 19.0 Å². The van der Waals surface area contributed by atoms with E-state index in [1.165, 1.54) is 13.8 Å². The maximum absolute atomic E-state index is 11.6. The third-order valence-corrected chi connectivity index (χ3v) is 2.01. The molecule has 7 nitrogen and oxygen atoms in total. The fourth-order valence-corrected chi connectivity index (χ4v) is 1.18. The molecule has 1 amide bonds. The first kappa shape index (κ1) is 15.8. The summed E-state index contributed by atoms with van der Waals surface area (Å²) in [6.07, 6.45) is 0.382. The summed E-state index contributed by atoms with van der Waals surface area (Å²) in [6.45, 7) is 2.63. The van der Waals surface area contributed by atoms with Crippen LogP contribution in [-0.2, 0) is 14.4 Å². The Morgan fingerprint density at radius 1 is 1.11 bits per heavy atom. The van der Waals surface area contributed by atoms with Crippen molar-refractivity contribution in [3.05, 3.63) is 11.8 Å². The van der Waals surface area contributed by atoms with Gasteiger partial charge in [-0.2, -0.15) is 0 Å². The SMILES string of the molecule is CC(=O)CCCC(=O)/C(=C\NNC(=O)O)C(C)=O. The minimum Gasteiger partial charge on any atom is -0.464 e. The van der Waals surface area contributed by atoms with Crippen LogP contribution in [0.25, 0.3) is 0 Å². The molecule has 0 aromatic carbocycles. The Morgan fingerprint density at radius 3 is 2.17 bits per heavy atom. The van der Waals surface area contributed by atoms with Crippen LogP contribution < -0.4 is 10.9 Å². The molecule has 0 radical (unpaired) electrons. The van der Waals surface area contributed by atoms with Crippen LogP contribution in [0.5, 0.6) is 0 Å². The number of rotatable bonds is 8. The quantitative estimate of drug-likeness (QED) is 0.253. The van der Waals surface area contributed by atoms with Crippen molar-refractivity contribution in [2.75, 3.05) is 0 Å². The number of carbonyl (C=O) groups is 4. The van der Waals surface area contributed by atoms with Crippen molar-refractivity contribution < 1.29 is 24.3 Å². The summed E-state index contributed by atoms with van der Waals surface area (Å²) >= 11 is 0. The molecule has 100 valence electrons. The molecule has 0 bridgehead atoms. The van der Waals surface area contributed by atoms with Crippen LogP contribution in [0, 0.1) is 0 Å². The fraction of sp³-hybridized carbons (Fsp3) is 0.455. The predicted molar refractivity (Wildman–Crippen MR) is 62.6 cm³/mol. The molecule has 0 atom stereocenters. The number of amides is 1. The van der Waals surface area contributed by atoms with Gasteiger partial charge < -0.3 is 15.3 Å². The molecule has 0 aromatic rings. The van der Waals surface area contributed by atoms with E-state index in [0.717, 1.165) is 6.20 Å². The lowest BCUT2D eigenvalue weighted by molar-refractivity contribution is -0.120. The molecule has 0 saturated heterocycles. The van der Waals surface area contributed by atoms with Crippen LogP contribution >= 0.6 is 0 Å². The average molecular weight is 256 g/mol. The number of carboxylic acid groups (broad SMARTS) is 1. The van der Waals surface area contributed by atoms with Crippen LogP contribution in [0.15, 0.2) is 11.8 Å². The Labute approximate surface area is 104 Å². The van der Waals surface area contributed by atoms with Gasteiger partial charge in [0.2, 0.25) is 0 Å². The van der Waals surface area contributed by atoms with E-state index >= 15 is 0 Å².